The maximum absolute atomic E-state index is 13.7. The Labute approximate surface area is 141 Å². The lowest BCUT2D eigenvalue weighted by Crippen LogP contribution is -2.13. The van der Waals surface area contributed by atoms with Crippen molar-refractivity contribution in [3.8, 4) is 5.75 Å². The van der Waals surface area contributed by atoms with E-state index in [1.807, 2.05) is 18.2 Å². The predicted molar refractivity (Wildman–Crippen MR) is 89.1 cm³/mol. The highest BCUT2D eigenvalue weighted by Gasteiger charge is 2.10. The van der Waals surface area contributed by atoms with Crippen molar-refractivity contribution in [2.75, 3.05) is 12.4 Å². The SMILES string of the molecule is COc1ccc(CCC(=O)Nc2cccc(Cl)c2F)cc1Br. The standard InChI is InChI=1S/C16H14BrClFNO2/c1-22-14-7-5-10(9-11(14)17)6-8-15(21)20-13-4-2-3-12(18)16(13)19/h2-5,7,9H,6,8H2,1H3,(H,20,21). The number of carbonyl (C=O) groups excluding carboxylic acids is 1. The van der Waals surface area contributed by atoms with Gasteiger partial charge in [0.2, 0.25) is 5.91 Å². The van der Waals surface area contributed by atoms with Gasteiger partial charge in [0.25, 0.3) is 0 Å². The summed E-state index contributed by atoms with van der Waals surface area (Å²) in [6.07, 6.45) is 0.779. The Morgan fingerprint density at radius 2 is 2.14 bits per heavy atom. The summed E-state index contributed by atoms with van der Waals surface area (Å²) in [5.74, 6) is -0.160. The van der Waals surface area contributed by atoms with Crippen LogP contribution in [0.3, 0.4) is 0 Å². The van der Waals surface area contributed by atoms with E-state index in [-0.39, 0.29) is 23.0 Å². The normalized spacial score (nSPS) is 10.4. The largest absolute Gasteiger partial charge is 0.496 e. The Morgan fingerprint density at radius 1 is 1.36 bits per heavy atom. The van der Waals surface area contributed by atoms with Crippen molar-refractivity contribution in [3.63, 3.8) is 0 Å². The quantitative estimate of drug-likeness (QED) is 0.800. The van der Waals surface area contributed by atoms with E-state index in [1.54, 1.807) is 13.2 Å². The molecule has 0 saturated carbocycles. The molecule has 116 valence electrons. The highest BCUT2D eigenvalue weighted by molar-refractivity contribution is 9.10. The second-order valence-electron chi connectivity index (χ2n) is 4.62. The average molecular weight is 387 g/mol. The number of hydrogen-bond acceptors (Lipinski definition) is 2. The van der Waals surface area contributed by atoms with Crippen LogP contribution in [0.4, 0.5) is 10.1 Å². The van der Waals surface area contributed by atoms with Crippen LogP contribution in [0.5, 0.6) is 5.75 Å². The summed E-state index contributed by atoms with van der Waals surface area (Å²) in [6, 6.07) is 10.1. The van der Waals surface area contributed by atoms with Gasteiger partial charge in [0, 0.05) is 6.42 Å². The van der Waals surface area contributed by atoms with Crippen molar-refractivity contribution in [3.05, 3.63) is 57.3 Å². The summed E-state index contributed by atoms with van der Waals surface area (Å²) >= 11 is 9.07. The first-order chi connectivity index (χ1) is 10.5. The second-order valence-corrected chi connectivity index (χ2v) is 5.88. The van der Waals surface area contributed by atoms with Gasteiger partial charge in [-0.25, -0.2) is 4.39 Å². The van der Waals surface area contributed by atoms with Crippen LogP contribution >= 0.6 is 27.5 Å². The Morgan fingerprint density at radius 3 is 2.82 bits per heavy atom. The number of carbonyl (C=O) groups is 1. The molecular weight excluding hydrogens is 373 g/mol. The summed E-state index contributed by atoms with van der Waals surface area (Å²) in [6.45, 7) is 0. The molecule has 0 aliphatic rings. The number of rotatable bonds is 5. The van der Waals surface area contributed by atoms with E-state index in [0.717, 1.165) is 15.8 Å². The van der Waals surface area contributed by atoms with Crippen LogP contribution in [-0.4, -0.2) is 13.0 Å². The zero-order valence-electron chi connectivity index (χ0n) is 11.8. The van der Waals surface area contributed by atoms with Gasteiger partial charge >= 0.3 is 0 Å². The summed E-state index contributed by atoms with van der Waals surface area (Å²) in [5, 5.41) is 2.51. The monoisotopic (exact) mass is 385 g/mol. The third kappa shape index (κ3) is 4.21. The van der Waals surface area contributed by atoms with E-state index < -0.39 is 5.82 Å². The zero-order chi connectivity index (χ0) is 16.1. The van der Waals surface area contributed by atoms with E-state index in [9.17, 15) is 9.18 Å². The van der Waals surface area contributed by atoms with E-state index in [1.165, 1.54) is 12.1 Å². The third-order valence-electron chi connectivity index (χ3n) is 3.08. The minimum absolute atomic E-state index is 0.0168. The molecule has 0 aliphatic carbocycles. The third-order valence-corrected chi connectivity index (χ3v) is 3.99. The van der Waals surface area contributed by atoms with Crippen LogP contribution in [-0.2, 0) is 11.2 Å². The molecular formula is C16H14BrClFNO2. The molecule has 1 N–H and O–H groups in total. The number of nitrogens with one attached hydrogen (secondary N) is 1. The van der Waals surface area contributed by atoms with E-state index in [0.29, 0.717) is 6.42 Å². The molecule has 0 fully saturated rings. The van der Waals surface area contributed by atoms with Crippen LogP contribution in [0, 0.1) is 5.82 Å². The van der Waals surface area contributed by atoms with Crippen molar-refractivity contribution in [2.45, 2.75) is 12.8 Å². The molecule has 0 aromatic heterocycles. The number of hydrogen-bond donors (Lipinski definition) is 1. The van der Waals surface area contributed by atoms with Crippen molar-refractivity contribution in [2.24, 2.45) is 0 Å². The maximum atomic E-state index is 13.7. The molecule has 2 aromatic rings. The number of ether oxygens (including phenoxy) is 1. The predicted octanol–water partition coefficient (Wildman–Crippen LogP) is 4.82. The average Bonchev–Trinajstić information content (AvgIpc) is 2.50. The van der Waals surface area contributed by atoms with Crippen LogP contribution < -0.4 is 10.1 Å². The Hall–Kier alpha value is -1.59. The van der Waals surface area contributed by atoms with Gasteiger partial charge in [-0.3, -0.25) is 4.79 Å². The van der Waals surface area contributed by atoms with Crippen LogP contribution in [0.25, 0.3) is 0 Å². The van der Waals surface area contributed by atoms with Crippen molar-refractivity contribution >= 4 is 39.1 Å². The number of halogens is 3. The topological polar surface area (TPSA) is 38.3 Å². The molecule has 6 heteroatoms. The number of amides is 1. The first kappa shape index (κ1) is 16.8. The van der Waals surface area contributed by atoms with Gasteiger partial charge in [-0.15, -0.1) is 0 Å². The first-order valence-corrected chi connectivity index (χ1v) is 7.74. The van der Waals surface area contributed by atoms with Crippen LogP contribution in [0.15, 0.2) is 40.9 Å². The molecule has 2 aromatic carbocycles. The van der Waals surface area contributed by atoms with Crippen molar-refractivity contribution in [1.29, 1.82) is 0 Å². The molecule has 0 radical (unpaired) electrons. The van der Waals surface area contributed by atoms with Gasteiger partial charge in [0.1, 0.15) is 5.75 Å². The molecule has 22 heavy (non-hydrogen) atoms. The first-order valence-electron chi connectivity index (χ1n) is 6.57. The minimum Gasteiger partial charge on any atom is -0.496 e. The molecule has 0 unspecified atom stereocenters. The fourth-order valence-corrected chi connectivity index (χ4v) is 2.70. The Bertz CT molecular complexity index is 694. The highest BCUT2D eigenvalue weighted by Crippen LogP contribution is 2.26. The Kier molecular flexibility index (Phi) is 5.80. The molecule has 1 amide bonds. The number of methoxy groups -OCH3 is 1. The lowest BCUT2D eigenvalue weighted by Gasteiger charge is -2.08. The van der Waals surface area contributed by atoms with E-state index in [2.05, 4.69) is 21.2 Å². The molecule has 0 saturated heterocycles. The summed E-state index contributed by atoms with van der Waals surface area (Å²) in [4.78, 5) is 11.9. The van der Waals surface area contributed by atoms with Crippen molar-refractivity contribution < 1.29 is 13.9 Å². The van der Waals surface area contributed by atoms with Gasteiger partial charge in [-0.05, 0) is 52.2 Å². The summed E-state index contributed by atoms with van der Waals surface area (Å²) in [7, 11) is 1.59. The highest BCUT2D eigenvalue weighted by atomic mass is 79.9. The number of benzene rings is 2. The number of aryl methyl sites for hydroxylation is 1. The maximum Gasteiger partial charge on any atom is 0.224 e. The molecule has 0 spiro atoms. The fourth-order valence-electron chi connectivity index (χ4n) is 1.94. The molecule has 2 rings (SSSR count). The minimum atomic E-state index is -0.621. The Balaban J connectivity index is 1.95. The van der Waals surface area contributed by atoms with Crippen LogP contribution in [0.2, 0.25) is 5.02 Å². The van der Waals surface area contributed by atoms with Crippen LogP contribution in [0.1, 0.15) is 12.0 Å². The summed E-state index contributed by atoms with van der Waals surface area (Å²) in [5.41, 5.74) is 1.07. The van der Waals surface area contributed by atoms with Gasteiger partial charge in [0.05, 0.1) is 22.3 Å². The molecule has 0 aliphatic heterocycles. The lowest BCUT2D eigenvalue weighted by atomic mass is 10.1. The van der Waals surface area contributed by atoms with Gasteiger partial charge < -0.3 is 10.1 Å². The molecule has 0 bridgehead atoms. The zero-order valence-corrected chi connectivity index (χ0v) is 14.2. The van der Waals surface area contributed by atoms with Gasteiger partial charge in [0.15, 0.2) is 5.82 Å². The van der Waals surface area contributed by atoms with Crippen molar-refractivity contribution in [1.82, 2.24) is 0 Å². The van der Waals surface area contributed by atoms with E-state index in [4.69, 9.17) is 16.3 Å². The smallest absolute Gasteiger partial charge is 0.224 e. The van der Waals surface area contributed by atoms with E-state index >= 15 is 0 Å². The summed E-state index contributed by atoms with van der Waals surface area (Å²) < 4.78 is 19.7. The second kappa shape index (κ2) is 7.61. The molecule has 0 heterocycles. The van der Waals surface area contributed by atoms with Gasteiger partial charge in [-0.2, -0.15) is 0 Å². The number of anilines is 1. The van der Waals surface area contributed by atoms with Gasteiger partial charge in [-0.1, -0.05) is 23.7 Å². The molecule has 3 nitrogen and oxygen atoms in total. The fraction of sp³-hybridized carbons (Fsp3) is 0.188. The lowest BCUT2D eigenvalue weighted by molar-refractivity contribution is -0.116. The molecule has 0 atom stereocenters.